The summed E-state index contributed by atoms with van der Waals surface area (Å²) in [6, 6.07) is 15.2. The molecule has 1 amide bonds. The van der Waals surface area contributed by atoms with Crippen molar-refractivity contribution in [2.45, 2.75) is 18.3 Å². The Morgan fingerprint density at radius 2 is 1.76 bits per heavy atom. The molecule has 0 fully saturated rings. The monoisotopic (exact) mass is 347 g/mol. The number of carbonyl (C=O) groups is 1. The summed E-state index contributed by atoms with van der Waals surface area (Å²) in [4.78, 5) is 12.2. The van der Waals surface area contributed by atoms with Crippen molar-refractivity contribution in [3.05, 3.63) is 65.2 Å². The van der Waals surface area contributed by atoms with Gasteiger partial charge in [-0.15, -0.1) is 0 Å². The molecule has 0 radical (unpaired) electrons. The van der Waals surface area contributed by atoms with E-state index in [1.165, 1.54) is 0 Å². The summed E-state index contributed by atoms with van der Waals surface area (Å²) < 4.78 is 5.13. The van der Waals surface area contributed by atoms with Crippen molar-refractivity contribution in [1.82, 2.24) is 5.32 Å². The van der Waals surface area contributed by atoms with E-state index < -0.39 is 0 Å². The molecule has 0 saturated heterocycles. The van der Waals surface area contributed by atoms with Gasteiger partial charge >= 0.3 is 0 Å². The summed E-state index contributed by atoms with van der Waals surface area (Å²) in [5.74, 6) is 0.738. The molecule has 2 aromatic rings. The molecule has 1 atom stereocenters. The molecule has 0 aliphatic heterocycles. The number of methoxy groups -OCH3 is 1. The number of hydrogen-bond donors (Lipinski definition) is 1. The highest BCUT2D eigenvalue weighted by Crippen LogP contribution is 2.18. The summed E-state index contributed by atoms with van der Waals surface area (Å²) in [6.07, 6.45) is 0. The lowest BCUT2D eigenvalue weighted by molar-refractivity contribution is 0.0940. The Kier molecular flexibility index (Phi) is 5.39. The second kappa shape index (κ2) is 7.27. The van der Waals surface area contributed by atoms with Gasteiger partial charge in [0.25, 0.3) is 5.91 Å². The number of nitrogens with one attached hydrogen (secondary N) is 1. The zero-order valence-electron chi connectivity index (χ0n) is 12.1. The molecule has 1 N–H and O–H groups in total. The predicted octanol–water partition coefficient (Wildman–Crippen LogP) is 4.08. The number of amides is 1. The zero-order valence-corrected chi connectivity index (χ0v) is 13.7. The Morgan fingerprint density at radius 1 is 1.14 bits per heavy atom. The minimum absolute atomic E-state index is 0.0562. The van der Waals surface area contributed by atoms with E-state index in [0.29, 0.717) is 5.56 Å². The van der Waals surface area contributed by atoms with Crippen LogP contribution in [0.15, 0.2) is 48.5 Å². The lowest BCUT2D eigenvalue weighted by atomic mass is 10.1. The van der Waals surface area contributed by atoms with E-state index in [1.807, 2.05) is 55.5 Å². The third-order valence-corrected chi connectivity index (χ3v) is 3.98. The molecular formula is C17H18BrNO2. The fraction of sp³-hybridized carbons (Fsp3) is 0.235. The molecule has 0 aliphatic rings. The van der Waals surface area contributed by atoms with Gasteiger partial charge in [-0.3, -0.25) is 4.79 Å². The smallest absolute Gasteiger partial charge is 0.251 e. The van der Waals surface area contributed by atoms with E-state index in [1.54, 1.807) is 7.11 Å². The quantitative estimate of drug-likeness (QED) is 0.827. The number of ether oxygens (including phenoxy) is 1. The normalized spacial score (nSPS) is 11.8. The highest BCUT2D eigenvalue weighted by atomic mass is 79.9. The fourth-order valence-electron chi connectivity index (χ4n) is 2.00. The van der Waals surface area contributed by atoms with Crippen molar-refractivity contribution in [2.24, 2.45) is 0 Å². The highest BCUT2D eigenvalue weighted by molar-refractivity contribution is 9.08. The summed E-state index contributed by atoms with van der Waals surface area (Å²) in [7, 11) is 1.64. The van der Waals surface area contributed by atoms with Crippen molar-refractivity contribution >= 4 is 21.8 Å². The van der Waals surface area contributed by atoms with Gasteiger partial charge in [0.05, 0.1) is 13.2 Å². The first kappa shape index (κ1) is 15.6. The molecule has 2 aromatic carbocycles. The third-order valence-electron chi connectivity index (χ3n) is 3.33. The second-order valence-electron chi connectivity index (χ2n) is 4.80. The number of hydrogen-bond acceptors (Lipinski definition) is 2. The minimum atomic E-state index is -0.0700. The third kappa shape index (κ3) is 4.08. The largest absolute Gasteiger partial charge is 0.497 e. The Hall–Kier alpha value is -1.81. The van der Waals surface area contributed by atoms with E-state index in [2.05, 4.69) is 21.2 Å². The highest BCUT2D eigenvalue weighted by Gasteiger charge is 2.11. The predicted molar refractivity (Wildman–Crippen MR) is 87.9 cm³/mol. The van der Waals surface area contributed by atoms with Gasteiger partial charge in [-0.2, -0.15) is 0 Å². The Bertz CT molecular complexity index is 593. The minimum Gasteiger partial charge on any atom is -0.497 e. The molecule has 0 heterocycles. The van der Waals surface area contributed by atoms with Crippen LogP contribution >= 0.6 is 15.9 Å². The van der Waals surface area contributed by atoms with Crippen molar-refractivity contribution in [3.8, 4) is 5.75 Å². The number of alkyl halides is 1. The second-order valence-corrected chi connectivity index (χ2v) is 5.36. The van der Waals surface area contributed by atoms with Gasteiger partial charge in [0.15, 0.2) is 0 Å². The van der Waals surface area contributed by atoms with E-state index in [-0.39, 0.29) is 11.9 Å². The van der Waals surface area contributed by atoms with Gasteiger partial charge < -0.3 is 10.1 Å². The van der Waals surface area contributed by atoms with Gasteiger partial charge in [0.2, 0.25) is 0 Å². The van der Waals surface area contributed by atoms with E-state index >= 15 is 0 Å². The van der Waals surface area contributed by atoms with Crippen LogP contribution in [0.3, 0.4) is 0 Å². The lowest BCUT2D eigenvalue weighted by Crippen LogP contribution is -2.26. The molecule has 110 valence electrons. The molecule has 2 rings (SSSR count). The first-order valence-corrected chi connectivity index (χ1v) is 7.86. The van der Waals surface area contributed by atoms with Crippen LogP contribution in [0.5, 0.6) is 5.75 Å². The van der Waals surface area contributed by atoms with Crippen LogP contribution in [-0.2, 0) is 5.33 Å². The maximum absolute atomic E-state index is 12.2. The molecule has 0 spiro atoms. The molecule has 0 bridgehead atoms. The first-order valence-electron chi connectivity index (χ1n) is 6.73. The van der Waals surface area contributed by atoms with Crippen molar-refractivity contribution < 1.29 is 9.53 Å². The molecule has 0 unspecified atom stereocenters. The van der Waals surface area contributed by atoms with Crippen molar-refractivity contribution in [3.63, 3.8) is 0 Å². The summed E-state index contributed by atoms with van der Waals surface area (Å²) in [6.45, 7) is 1.96. The van der Waals surface area contributed by atoms with Crippen LogP contribution in [0, 0.1) is 0 Å². The summed E-state index contributed by atoms with van der Waals surface area (Å²) in [5.41, 5.74) is 2.86. The fourth-order valence-corrected chi connectivity index (χ4v) is 2.37. The van der Waals surface area contributed by atoms with Crippen molar-refractivity contribution in [2.75, 3.05) is 7.11 Å². The Morgan fingerprint density at radius 3 is 2.29 bits per heavy atom. The number of carbonyl (C=O) groups excluding carboxylic acids is 1. The molecular weight excluding hydrogens is 330 g/mol. The van der Waals surface area contributed by atoms with E-state index in [9.17, 15) is 4.79 Å². The Balaban J connectivity index is 2.03. The maximum atomic E-state index is 12.2. The van der Waals surface area contributed by atoms with Crippen LogP contribution in [0.1, 0.15) is 34.5 Å². The van der Waals surface area contributed by atoms with E-state index in [4.69, 9.17) is 4.74 Å². The average molecular weight is 348 g/mol. The Labute approximate surface area is 133 Å². The van der Waals surface area contributed by atoms with Crippen LogP contribution in [0.25, 0.3) is 0 Å². The number of rotatable bonds is 5. The SMILES string of the molecule is COc1ccc([C@H](C)NC(=O)c2ccc(CBr)cc2)cc1. The molecule has 0 aromatic heterocycles. The van der Waals surface area contributed by atoms with Gasteiger partial charge in [0, 0.05) is 10.9 Å². The molecule has 0 aliphatic carbocycles. The van der Waals surface area contributed by atoms with Gasteiger partial charge in [-0.05, 0) is 42.3 Å². The summed E-state index contributed by atoms with van der Waals surface area (Å²) in [5, 5.41) is 3.78. The van der Waals surface area contributed by atoms with Crippen LogP contribution in [-0.4, -0.2) is 13.0 Å². The molecule has 3 nitrogen and oxygen atoms in total. The molecule has 0 saturated carbocycles. The van der Waals surface area contributed by atoms with Gasteiger partial charge in [-0.1, -0.05) is 40.2 Å². The van der Waals surface area contributed by atoms with Crippen molar-refractivity contribution in [1.29, 1.82) is 0 Å². The standard InChI is InChI=1S/C17H18BrNO2/c1-12(14-7-9-16(21-2)10-8-14)19-17(20)15-5-3-13(11-18)4-6-15/h3-10,12H,11H2,1-2H3,(H,19,20)/t12-/m0/s1. The van der Waals surface area contributed by atoms with E-state index in [0.717, 1.165) is 22.2 Å². The van der Waals surface area contributed by atoms with Crippen LogP contribution < -0.4 is 10.1 Å². The lowest BCUT2D eigenvalue weighted by Gasteiger charge is -2.15. The summed E-state index contributed by atoms with van der Waals surface area (Å²) >= 11 is 3.39. The average Bonchev–Trinajstić information content (AvgIpc) is 2.55. The zero-order chi connectivity index (χ0) is 15.2. The van der Waals surface area contributed by atoms with Gasteiger partial charge in [0.1, 0.15) is 5.75 Å². The number of benzene rings is 2. The van der Waals surface area contributed by atoms with Crippen LogP contribution in [0.4, 0.5) is 0 Å². The van der Waals surface area contributed by atoms with Crippen LogP contribution in [0.2, 0.25) is 0 Å². The topological polar surface area (TPSA) is 38.3 Å². The number of halogens is 1. The maximum Gasteiger partial charge on any atom is 0.251 e. The first-order chi connectivity index (χ1) is 10.1. The van der Waals surface area contributed by atoms with Gasteiger partial charge in [-0.25, -0.2) is 0 Å². The molecule has 21 heavy (non-hydrogen) atoms. The molecule has 4 heteroatoms.